The monoisotopic (exact) mass is 406 g/mol. The number of carbonyl (C=O) groups excluding carboxylic acids is 2. The topological polar surface area (TPSA) is 49.4 Å². The first-order chi connectivity index (χ1) is 12.8. The lowest BCUT2D eigenvalue weighted by Crippen LogP contribution is -2.49. The lowest BCUT2D eigenvalue weighted by Gasteiger charge is -2.30. The Morgan fingerprint density at radius 1 is 0.963 bits per heavy atom. The minimum atomic E-state index is -0.657. The van der Waals surface area contributed by atoms with Crippen LogP contribution in [0.2, 0.25) is 10.0 Å². The van der Waals surface area contributed by atoms with Gasteiger partial charge in [-0.05, 0) is 38.5 Å². The van der Waals surface area contributed by atoms with Gasteiger partial charge in [0.15, 0.2) is 0 Å². The minimum absolute atomic E-state index is 0.0186. The first-order valence-electron chi connectivity index (χ1n) is 8.86. The number of hydrogen-bond acceptors (Lipinski definition) is 2. The van der Waals surface area contributed by atoms with Gasteiger partial charge in [0, 0.05) is 28.2 Å². The van der Waals surface area contributed by atoms with E-state index in [0.717, 1.165) is 5.56 Å². The lowest BCUT2D eigenvalue weighted by molar-refractivity contribution is -0.140. The highest BCUT2D eigenvalue weighted by Crippen LogP contribution is 2.26. The largest absolute Gasteiger partial charge is 0.352 e. The van der Waals surface area contributed by atoms with Gasteiger partial charge in [-0.2, -0.15) is 0 Å². The molecule has 0 aliphatic heterocycles. The highest BCUT2D eigenvalue weighted by atomic mass is 35.5. The molecule has 0 aliphatic carbocycles. The zero-order chi connectivity index (χ0) is 20.0. The van der Waals surface area contributed by atoms with Gasteiger partial charge in [-0.15, -0.1) is 0 Å². The maximum atomic E-state index is 13.0. The molecule has 0 aliphatic rings. The molecule has 2 aromatic carbocycles. The fourth-order valence-electron chi connectivity index (χ4n) is 2.71. The molecule has 2 amide bonds. The Balaban J connectivity index is 2.29. The van der Waals surface area contributed by atoms with Crippen LogP contribution in [0, 0.1) is 0 Å². The molecule has 144 valence electrons. The van der Waals surface area contributed by atoms with Gasteiger partial charge in [-0.1, -0.05) is 59.6 Å². The normalized spacial score (nSPS) is 11.9. The molecule has 1 N–H and O–H groups in total. The van der Waals surface area contributed by atoms with Crippen molar-refractivity contribution >= 4 is 35.0 Å². The molecular formula is C21H24Cl2N2O2. The molecule has 0 radical (unpaired) electrons. The molecule has 0 spiro atoms. The van der Waals surface area contributed by atoms with Crippen molar-refractivity contribution in [1.29, 1.82) is 0 Å². The van der Waals surface area contributed by atoms with Crippen LogP contribution in [-0.4, -0.2) is 28.8 Å². The van der Waals surface area contributed by atoms with Crippen molar-refractivity contribution < 1.29 is 9.59 Å². The van der Waals surface area contributed by atoms with Crippen molar-refractivity contribution in [2.24, 2.45) is 0 Å². The van der Waals surface area contributed by atoms with E-state index in [9.17, 15) is 9.59 Å². The van der Waals surface area contributed by atoms with Gasteiger partial charge in [-0.3, -0.25) is 9.59 Å². The van der Waals surface area contributed by atoms with Crippen LogP contribution in [0.3, 0.4) is 0 Å². The second kappa shape index (κ2) is 9.77. The molecule has 1 atom stereocenters. The second-order valence-corrected chi connectivity index (χ2v) is 7.54. The molecule has 0 fully saturated rings. The van der Waals surface area contributed by atoms with Crippen LogP contribution in [0.15, 0.2) is 48.5 Å². The summed E-state index contributed by atoms with van der Waals surface area (Å²) < 4.78 is 0. The van der Waals surface area contributed by atoms with E-state index < -0.39 is 6.04 Å². The Bertz CT molecular complexity index is 774. The van der Waals surface area contributed by atoms with Crippen molar-refractivity contribution in [2.45, 2.75) is 45.8 Å². The molecule has 0 saturated heterocycles. The number of carbonyl (C=O) groups is 2. The number of halogens is 2. The lowest BCUT2D eigenvalue weighted by atomic mass is 10.1. The van der Waals surface area contributed by atoms with E-state index >= 15 is 0 Å². The fourth-order valence-corrected chi connectivity index (χ4v) is 3.23. The van der Waals surface area contributed by atoms with Crippen LogP contribution in [-0.2, 0) is 22.6 Å². The zero-order valence-electron chi connectivity index (χ0n) is 15.7. The summed E-state index contributed by atoms with van der Waals surface area (Å²) in [5, 5.41) is 3.80. The van der Waals surface area contributed by atoms with Crippen molar-refractivity contribution in [1.82, 2.24) is 10.2 Å². The van der Waals surface area contributed by atoms with Gasteiger partial charge in [0.05, 0.1) is 6.42 Å². The van der Waals surface area contributed by atoms with E-state index in [0.29, 0.717) is 15.6 Å². The zero-order valence-corrected chi connectivity index (χ0v) is 17.2. The van der Waals surface area contributed by atoms with E-state index in [-0.39, 0.29) is 30.8 Å². The molecule has 4 nitrogen and oxygen atoms in total. The quantitative estimate of drug-likeness (QED) is 0.736. The third-order valence-corrected chi connectivity index (χ3v) is 4.89. The summed E-state index contributed by atoms with van der Waals surface area (Å²) in [4.78, 5) is 27.1. The van der Waals surface area contributed by atoms with E-state index in [1.165, 1.54) is 4.90 Å². The Morgan fingerprint density at radius 2 is 1.56 bits per heavy atom. The SMILES string of the molecule is CC(C)NC(=O)C(C)N(Cc1c(Cl)cccc1Cl)C(=O)Cc1ccccc1. The van der Waals surface area contributed by atoms with Crippen LogP contribution in [0.5, 0.6) is 0 Å². The maximum absolute atomic E-state index is 13.0. The molecule has 0 aromatic heterocycles. The molecule has 2 aromatic rings. The average molecular weight is 407 g/mol. The number of amides is 2. The van der Waals surface area contributed by atoms with Crippen molar-refractivity contribution in [3.63, 3.8) is 0 Å². The van der Waals surface area contributed by atoms with Crippen LogP contribution in [0.4, 0.5) is 0 Å². The second-order valence-electron chi connectivity index (χ2n) is 6.72. The predicted molar refractivity (Wildman–Crippen MR) is 110 cm³/mol. The maximum Gasteiger partial charge on any atom is 0.242 e. The van der Waals surface area contributed by atoms with Gasteiger partial charge in [0.2, 0.25) is 11.8 Å². The Morgan fingerprint density at radius 3 is 2.11 bits per heavy atom. The van der Waals surface area contributed by atoms with Crippen molar-refractivity contribution in [2.75, 3.05) is 0 Å². The van der Waals surface area contributed by atoms with Crippen LogP contribution in [0.1, 0.15) is 31.9 Å². The van der Waals surface area contributed by atoms with Gasteiger partial charge in [-0.25, -0.2) is 0 Å². The van der Waals surface area contributed by atoms with E-state index in [1.54, 1.807) is 25.1 Å². The van der Waals surface area contributed by atoms with Gasteiger partial charge < -0.3 is 10.2 Å². The Hall–Kier alpha value is -2.04. The molecule has 0 saturated carbocycles. The number of rotatable bonds is 7. The molecule has 0 heterocycles. The van der Waals surface area contributed by atoms with Crippen molar-refractivity contribution in [3.05, 3.63) is 69.7 Å². The number of benzene rings is 2. The first-order valence-corrected chi connectivity index (χ1v) is 9.61. The van der Waals surface area contributed by atoms with Gasteiger partial charge in [0.25, 0.3) is 0 Å². The van der Waals surface area contributed by atoms with E-state index in [4.69, 9.17) is 23.2 Å². The number of nitrogens with zero attached hydrogens (tertiary/aromatic N) is 1. The standard InChI is InChI=1S/C21H24Cl2N2O2/c1-14(2)24-21(27)15(3)25(13-17-18(22)10-7-11-19(17)23)20(26)12-16-8-5-4-6-9-16/h4-11,14-15H,12-13H2,1-3H3,(H,24,27). The summed E-state index contributed by atoms with van der Waals surface area (Å²) >= 11 is 12.6. The summed E-state index contributed by atoms with van der Waals surface area (Å²) in [6.45, 7) is 5.64. The molecular weight excluding hydrogens is 383 g/mol. The average Bonchev–Trinajstić information content (AvgIpc) is 2.61. The van der Waals surface area contributed by atoms with Crippen LogP contribution < -0.4 is 5.32 Å². The summed E-state index contributed by atoms with van der Waals surface area (Å²) in [6, 6.07) is 14.0. The smallest absolute Gasteiger partial charge is 0.242 e. The highest BCUT2D eigenvalue weighted by molar-refractivity contribution is 6.36. The minimum Gasteiger partial charge on any atom is -0.352 e. The fraction of sp³-hybridized carbons (Fsp3) is 0.333. The molecule has 1 unspecified atom stereocenters. The van der Waals surface area contributed by atoms with Gasteiger partial charge >= 0.3 is 0 Å². The highest BCUT2D eigenvalue weighted by Gasteiger charge is 2.27. The molecule has 27 heavy (non-hydrogen) atoms. The predicted octanol–water partition coefficient (Wildman–Crippen LogP) is 4.48. The molecule has 0 bridgehead atoms. The van der Waals surface area contributed by atoms with E-state index in [2.05, 4.69) is 5.32 Å². The van der Waals surface area contributed by atoms with E-state index in [1.807, 2.05) is 44.2 Å². The Labute approximate surface area is 170 Å². The van der Waals surface area contributed by atoms with Crippen molar-refractivity contribution in [3.8, 4) is 0 Å². The Kier molecular flexibility index (Phi) is 7.69. The summed E-state index contributed by atoms with van der Waals surface area (Å²) in [7, 11) is 0. The molecule has 2 rings (SSSR count). The third kappa shape index (κ3) is 5.98. The van der Waals surface area contributed by atoms with Crippen LogP contribution >= 0.6 is 23.2 Å². The van der Waals surface area contributed by atoms with Crippen LogP contribution in [0.25, 0.3) is 0 Å². The number of nitrogens with one attached hydrogen (secondary N) is 1. The summed E-state index contributed by atoms with van der Waals surface area (Å²) in [6.07, 6.45) is 0.197. The first kappa shape index (κ1) is 21.3. The summed E-state index contributed by atoms with van der Waals surface area (Å²) in [5.74, 6) is -0.377. The van der Waals surface area contributed by atoms with Gasteiger partial charge in [0.1, 0.15) is 6.04 Å². The number of hydrogen-bond donors (Lipinski definition) is 1. The third-order valence-electron chi connectivity index (χ3n) is 4.19. The molecule has 6 heteroatoms. The summed E-state index contributed by atoms with van der Waals surface area (Å²) in [5.41, 5.74) is 1.51.